The minimum absolute atomic E-state index is 0.0747. The van der Waals surface area contributed by atoms with Crippen LogP contribution in [0.5, 0.6) is 11.5 Å². The number of carbonyl (C=O) groups excluding carboxylic acids is 1. The molecule has 15 nitrogen and oxygen atoms in total. The van der Waals surface area contributed by atoms with E-state index >= 15 is 0 Å². The predicted octanol–water partition coefficient (Wildman–Crippen LogP) is 4.09. The molecule has 53 heavy (non-hydrogen) atoms. The summed E-state index contributed by atoms with van der Waals surface area (Å²) in [4.78, 5) is 15.7. The molecule has 1 amide bonds. The summed E-state index contributed by atoms with van der Waals surface area (Å²) in [5, 5.41) is 14.7. The van der Waals surface area contributed by atoms with Crippen molar-refractivity contribution in [2.45, 2.75) is 69.0 Å². The van der Waals surface area contributed by atoms with E-state index in [1.807, 2.05) is 7.05 Å². The van der Waals surface area contributed by atoms with E-state index in [0.29, 0.717) is 30.1 Å². The molecule has 5 rings (SSSR count). The first-order valence-corrected chi connectivity index (χ1v) is 21.4. The highest BCUT2D eigenvalue weighted by atomic mass is 32.2. The molecular formula is C36H54N3O12PS. The van der Waals surface area contributed by atoms with Crippen LogP contribution in [0.15, 0.2) is 53.4 Å². The topological polar surface area (TPSA) is 172 Å². The van der Waals surface area contributed by atoms with Gasteiger partial charge in [-0.25, -0.2) is 13.2 Å². The van der Waals surface area contributed by atoms with Gasteiger partial charge in [0.25, 0.3) is 0 Å². The van der Waals surface area contributed by atoms with Crippen molar-refractivity contribution in [1.82, 2.24) is 14.5 Å². The number of amides is 1. The number of carbonyl (C=O) groups is 1. The summed E-state index contributed by atoms with van der Waals surface area (Å²) in [5.74, 6) is 0.935. The average Bonchev–Trinajstić information content (AvgIpc) is 3.77. The molecule has 1 unspecified atom stereocenters. The first-order chi connectivity index (χ1) is 25.4. The number of aliphatic hydroxyl groups excluding tert-OH is 1. The van der Waals surface area contributed by atoms with Crippen LogP contribution in [0.25, 0.3) is 0 Å². The smallest absolute Gasteiger partial charge is 0.407 e. The molecule has 0 aliphatic carbocycles. The number of fused-ring (bicyclic) bond motifs is 1. The van der Waals surface area contributed by atoms with Gasteiger partial charge in [-0.2, -0.15) is 4.31 Å². The molecule has 0 aromatic heterocycles. The van der Waals surface area contributed by atoms with Gasteiger partial charge in [0.15, 0.2) is 12.6 Å². The second kappa shape index (κ2) is 19.2. The third-order valence-corrected chi connectivity index (χ3v) is 13.4. The molecular weight excluding hydrogens is 729 g/mol. The number of sulfonamides is 1. The first-order valence-electron chi connectivity index (χ1n) is 18.2. The number of rotatable bonds is 19. The number of hydrogen-bond acceptors (Lipinski definition) is 13. The highest BCUT2D eigenvalue weighted by Crippen LogP contribution is 2.48. The SMILES string of the molecule is CCOP(=O)(COc1ccc(C[C@H](NC(=O)OC2CO[C@H]3OCC[C@@H]23)[C@H](O)CN(CC2CCN(C)CC2)S(=O)(=O)c2ccc(OC)cc2)cc1)OCC. The number of ether oxygens (including phenoxy) is 5. The standard InChI is InChI=1S/C36H54N3O12PS/c1-5-49-52(42,50-6-2)25-48-29-9-7-26(8-10-29)21-32(37-36(41)51-34-24-47-35-31(34)17-20-46-35)33(40)23-39(22-27-15-18-38(3)19-16-27)53(43,44)30-13-11-28(45-4)12-14-30/h7-14,27,31-35,40H,5-6,15-25H2,1-4H3,(H,37,41)/t31-,32-,33+,34?,35+/m0/s1. The Balaban J connectivity index is 1.35. The number of hydrogen-bond donors (Lipinski definition) is 2. The second-order valence-corrected chi connectivity index (χ2v) is 17.5. The Labute approximate surface area is 312 Å². The van der Waals surface area contributed by atoms with E-state index in [0.717, 1.165) is 25.9 Å². The Kier molecular flexibility index (Phi) is 15.0. The fourth-order valence-corrected chi connectivity index (χ4v) is 9.68. The maximum atomic E-state index is 14.2. The van der Waals surface area contributed by atoms with Crippen LogP contribution in [0.3, 0.4) is 0 Å². The van der Waals surface area contributed by atoms with E-state index in [2.05, 4.69) is 10.2 Å². The van der Waals surface area contributed by atoms with E-state index in [-0.39, 0.29) is 62.4 Å². The van der Waals surface area contributed by atoms with Gasteiger partial charge in [0.2, 0.25) is 10.0 Å². The summed E-state index contributed by atoms with van der Waals surface area (Å²) < 4.78 is 81.1. The third kappa shape index (κ3) is 11.4. The minimum Gasteiger partial charge on any atom is -0.497 e. The molecule has 3 fully saturated rings. The Hall–Kier alpha value is -2.79. The summed E-state index contributed by atoms with van der Waals surface area (Å²) >= 11 is 0. The van der Waals surface area contributed by atoms with Gasteiger partial charge >= 0.3 is 13.7 Å². The van der Waals surface area contributed by atoms with Crippen molar-refractivity contribution < 1.29 is 55.6 Å². The monoisotopic (exact) mass is 783 g/mol. The summed E-state index contributed by atoms with van der Waals surface area (Å²) in [6.07, 6.45) is -0.832. The molecule has 2 N–H and O–H groups in total. The number of benzene rings is 2. The first kappa shape index (κ1) is 41.4. The van der Waals surface area contributed by atoms with Gasteiger partial charge in [0.05, 0.1) is 56.5 Å². The molecule has 0 spiro atoms. The number of methoxy groups -OCH3 is 1. The van der Waals surface area contributed by atoms with Crippen LogP contribution in [0.1, 0.15) is 38.7 Å². The molecule has 3 aliphatic rings. The van der Waals surface area contributed by atoms with Crippen molar-refractivity contribution >= 4 is 23.7 Å². The lowest BCUT2D eigenvalue weighted by molar-refractivity contribution is -0.0907. The van der Waals surface area contributed by atoms with Gasteiger partial charge in [-0.3, -0.25) is 4.57 Å². The van der Waals surface area contributed by atoms with Gasteiger partial charge in [-0.05, 0) is 108 Å². The molecule has 17 heteroatoms. The molecule has 296 valence electrons. The van der Waals surface area contributed by atoms with Crippen molar-refractivity contribution in [3.8, 4) is 11.5 Å². The average molecular weight is 784 g/mol. The molecule has 0 radical (unpaired) electrons. The van der Waals surface area contributed by atoms with Crippen LogP contribution in [-0.2, 0) is 44.3 Å². The van der Waals surface area contributed by atoms with E-state index in [4.69, 9.17) is 32.7 Å². The maximum absolute atomic E-state index is 14.2. The number of alkyl carbamates (subject to hydrolysis) is 1. The van der Waals surface area contributed by atoms with Crippen LogP contribution in [-0.4, -0.2) is 126 Å². The number of piperidine rings is 1. The predicted molar refractivity (Wildman–Crippen MR) is 195 cm³/mol. The molecule has 0 bridgehead atoms. The summed E-state index contributed by atoms with van der Waals surface area (Å²) in [6.45, 7) is 6.18. The minimum atomic E-state index is -4.06. The molecule has 3 aliphatic heterocycles. The van der Waals surface area contributed by atoms with Crippen LogP contribution >= 0.6 is 7.60 Å². The summed E-state index contributed by atoms with van der Waals surface area (Å²) in [5.41, 5.74) is 0.716. The second-order valence-electron chi connectivity index (χ2n) is 13.6. The van der Waals surface area contributed by atoms with Crippen molar-refractivity contribution in [2.75, 3.05) is 73.1 Å². The number of likely N-dealkylation sites (tertiary alicyclic amines) is 1. The van der Waals surface area contributed by atoms with Crippen molar-refractivity contribution in [2.24, 2.45) is 11.8 Å². The quantitative estimate of drug-likeness (QED) is 0.196. The lowest BCUT2D eigenvalue weighted by Gasteiger charge is -2.35. The van der Waals surface area contributed by atoms with E-state index < -0.39 is 48.3 Å². The van der Waals surface area contributed by atoms with Crippen molar-refractivity contribution in [3.63, 3.8) is 0 Å². The largest absolute Gasteiger partial charge is 0.497 e. The van der Waals surface area contributed by atoms with Crippen LogP contribution < -0.4 is 14.8 Å². The Morgan fingerprint density at radius 3 is 2.32 bits per heavy atom. The number of nitrogens with zero attached hydrogens (tertiary/aromatic N) is 2. The fraction of sp³-hybridized carbons (Fsp3) is 0.639. The zero-order chi connectivity index (χ0) is 38.0. The zero-order valence-electron chi connectivity index (χ0n) is 31.0. The lowest BCUT2D eigenvalue weighted by atomic mass is 9.96. The van der Waals surface area contributed by atoms with Gasteiger partial charge < -0.3 is 48.1 Å². The van der Waals surface area contributed by atoms with Gasteiger partial charge in [0, 0.05) is 13.1 Å². The van der Waals surface area contributed by atoms with E-state index in [1.165, 1.54) is 23.5 Å². The van der Waals surface area contributed by atoms with Gasteiger partial charge in [-0.15, -0.1) is 0 Å². The lowest BCUT2D eigenvalue weighted by Crippen LogP contribution is -2.52. The van der Waals surface area contributed by atoms with Crippen molar-refractivity contribution in [3.05, 3.63) is 54.1 Å². The fourth-order valence-electron chi connectivity index (χ4n) is 6.82. The highest BCUT2D eigenvalue weighted by molar-refractivity contribution is 7.89. The molecule has 5 atom stereocenters. The zero-order valence-corrected chi connectivity index (χ0v) is 32.7. The van der Waals surface area contributed by atoms with Gasteiger partial charge in [0.1, 0.15) is 17.6 Å². The van der Waals surface area contributed by atoms with Crippen LogP contribution in [0, 0.1) is 11.8 Å². The number of nitrogens with one attached hydrogen (secondary N) is 1. The van der Waals surface area contributed by atoms with E-state index in [1.54, 1.807) is 50.2 Å². The maximum Gasteiger partial charge on any atom is 0.407 e. The molecule has 3 heterocycles. The molecule has 0 saturated carbocycles. The normalized spacial score (nSPS) is 22.3. The van der Waals surface area contributed by atoms with Gasteiger partial charge in [-0.1, -0.05) is 12.1 Å². The summed E-state index contributed by atoms with van der Waals surface area (Å²) in [7, 11) is -3.95. The molecule has 2 aromatic rings. The van der Waals surface area contributed by atoms with Crippen molar-refractivity contribution in [1.29, 1.82) is 0 Å². The summed E-state index contributed by atoms with van der Waals surface area (Å²) in [6, 6.07) is 12.1. The van der Waals surface area contributed by atoms with Crippen LogP contribution in [0.4, 0.5) is 4.79 Å². The Morgan fingerprint density at radius 2 is 1.68 bits per heavy atom. The third-order valence-electron chi connectivity index (χ3n) is 9.82. The molecule has 3 saturated heterocycles. The van der Waals surface area contributed by atoms with Crippen LogP contribution in [0.2, 0.25) is 0 Å². The Bertz CT molecular complexity index is 1600. The Morgan fingerprint density at radius 1 is 1.02 bits per heavy atom. The van der Waals surface area contributed by atoms with E-state index in [9.17, 15) is 22.9 Å². The highest BCUT2D eigenvalue weighted by Gasteiger charge is 2.44. The molecule has 2 aromatic carbocycles. The number of aliphatic hydroxyl groups is 1.